The second kappa shape index (κ2) is 8.18. The van der Waals surface area contributed by atoms with Crippen LogP contribution in [0.2, 0.25) is 0 Å². The van der Waals surface area contributed by atoms with Crippen LogP contribution in [0.25, 0.3) is 11.0 Å². The molecule has 1 N–H and O–H groups in total. The summed E-state index contributed by atoms with van der Waals surface area (Å²) in [7, 11) is 0. The summed E-state index contributed by atoms with van der Waals surface area (Å²) in [5.41, 5.74) is 3.43. The van der Waals surface area contributed by atoms with Gasteiger partial charge in [-0.05, 0) is 42.0 Å². The Morgan fingerprint density at radius 1 is 1.00 bits per heavy atom. The molecule has 2 aromatic heterocycles. The number of aromatic nitrogens is 2. The number of imidazole rings is 1. The van der Waals surface area contributed by atoms with E-state index in [2.05, 4.69) is 40.2 Å². The van der Waals surface area contributed by atoms with E-state index in [1.807, 2.05) is 41.8 Å². The first kappa shape index (κ1) is 17.5. The van der Waals surface area contributed by atoms with Gasteiger partial charge in [0.25, 0.3) is 5.91 Å². The summed E-state index contributed by atoms with van der Waals surface area (Å²) >= 11 is 1.45. The van der Waals surface area contributed by atoms with Crippen molar-refractivity contribution in [2.75, 3.05) is 0 Å². The van der Waals surface area contributed by atoms with Gasteiger partial charge in [0.1, 0.15) is 5.82 Å². The summed E-state index contributed by atoms with van der Waals surface area (Å²) in [4.78, 5) is 17.7. The van der Waals surface area contributed by atoms with Crippen LogP contribution in [0.1, 0.15) is 27.5 Å². The van der Waals surface area contributed by atoms with Gasteiger partial charge in [-0.15, -0.1) is 11.3 Å². The molecule has 0 saturated carbocycles. The number of nitrogens with one attached hydrogen (secondary N) is 1. The fourth-order valence-electron chi connectivity index (χ4n) is 3.25. The van der Waals surface area contributed by atoms with Crippen molar-refractivity contribution in [1.82, 2.24) is 14.9 Å². The van der Waals surface area contributed by atoms with Crippen molar-refractivity contribution in [2.45, 2.75) is 25.9 Å². The number of carbonyl (C=O) groups is 1. The molecule has 5 heteroatoms. The smallest absolute Gasteiger partial charge is 0.261 e. The van der Waals surface area contributed by atoms with Crippen molar-refractivity contribution >= 4 is 28.3 Å². The summed E-state index contributed by atoms with van der Waals surface area (Å²) in [6.45, 7) is 1.30. The number of rotatable bonds is 7. The number of aryl methyl sites for hydroxylation is 2. The number of thiophene rings is 1. The molecule has 0 spiro atoms. The predicted octanol–water partition coefficient (Wildman–Crippen LogP) is 4.66. The van der Waals surface area contributed by atoms with Gasteiger partial charge in [0.2, 0.25) is 0 Å². The molecule has 0 bridgehead atoms. The molecule has 0 aliphatic rings. The molecule has 4 rings (SSSR count). The Morgan fingerprint density at radius 2 is 1.81 bits per heavy atom. The lowest BCUT2D eigenvalue weighted by Crippen LogP contribution is -2.24. The minimum absolute atomic E-state index is 0.0482. The van der Waals surface area contributed by atoms with E-state index in [1.165, 1.54) is 16.9 Å². The normalized spacial score (nSPS) is 11.0. The lowest BCUT2D eigenvalue weighted by atomic mass is 10.1. The van der Waals surface area contributed by atoms with Crippen molar-refractivity contribution < 1.29 is 4.79 Å². The molecule has 136 valence electrons. The quantitative estimate of drug-likeness (QED) is 0.511. The van der Waals surface area contributed by atoms with Gasteiger partial charge in [0, 0.05) is 6.54 Å². The average Bonchev–Trinajstić information content (AvgIpc) is 3.36. The van der Waals surface area contributed by atoms with Crippen LogP contribution in [0, 0.1) is 0 Å². The molecule has 2 aromatic carbocycles. The van der Waals surface area contributed by atoms with Gasteiger partial charge >= 0.3 is 0 Å². The van der Waals surface area contributed by atoms with Crippen LogP contribution in [-0.2, 0) is 19.5 Å². The van der Waals surface area contributed by atoms with Gasteiger partial charge in [-0.3, -0.25) is 4.79 Å². The second-order valence-electron chi connectivity index (χ2n) is 6.42. The number of nitrogens with zero attached hydrogens (tertiary/aromatic N) is 2. The van der Waals surface area contributed by atoms with Gasteiger partial charge in [-0.1, -0.05) is 48.5 Å². The maximum Gasteiger partial charge on any atom is 0.261 e. The van der Waals surface area contributed by atoms with Crippen LogP contribution in [0.5, 0.6) is 0 Å². The SMILES string of the molecule is O=C(NCc1nc2ccccc2n1CCCc1ccccc1)c1cccs1. The molecule has 4 nitrogen and oxygen atoms in total. The van der Waals surface area contributed by atoms with Gasteiger partial charge < -0.3 is 9.88 Å². The zero-order chi connectivity index (χ0) is 18.5. The van der Waals surface area contributed by atoms with E-state index in [0.717, 1.165) is 41.1 Å². The van der Waals surface area contributed by atoms with Crippen LogP contribution in [0.15, 0.2) is 72.1 Å². The number of benzene rings is 2. The average molecular weight is 375 g/mol. The molecule has 0 aliphatic carbocycles. The molecule has 0 saturated heterocycles. The highest BCUT2D eigenvalue weighted by molar-refractivity contribution is 7.12. The third-order valence-corrected chi connectivity index (χ3v) is 5.44. The zero-order valence-corrected chi connectivity index (χ0v) is 15.8. The minimum atomic E-state index is -0.0482. The summed E-state index contributed by atoms with van der Waals surface area (Å²) in [5.74, 6) is 0.849. The van der Waals surface area contributed by atoms with Gasteiger partial charge in [-0.25, -0.2) is 4.98 Å². The number of hydrogen-bond acceptors (Lipinski definition) is 3. The highest BCUT2D eigenvalue weighted by Crippen LogP contribution is 2.18. The highest BCUT2D eigenvalue weighted by atomic mass is 32.1. The standard InChI is InChI=1S/C22H21N3OS/c26-22(20-13-7-15-27-20)23-16-21-24-18-11-4-5-12-19(18)25(21)14-6-10-17-8-2-1-3-9-17/h1-5,7-9,11-13,15H,6,10,14,16H2,(H,23,26). The van der Waals surface area contributed by atoms with Crippen molar-refractivity contribution in [2.24, 2.45) is 0 Å². The maximum absolute atomic E-state index is 12.3. The van der Waals surface area contributed by atoms with Crippen LogP contribution < -0.4 is 5.32 Å². The molecule has 2 heterocycles. The lowest BCUT2D eigenvalue weighted by molar-refractivity contribution is 0.0953. The largest absolute Gasteiger partial charge is 0.344 e. The molecule has 27 heavy (non-hydrogen) atoms. The van der Waals surface area contributed by atoms with Crippen molar-refractivity contribution in [3.63, 3.8) is 0 Å². The zero-order valence-electron chi connectivity index (χ0n) is 15.0. The molecular weight excluding hydrogens is 354 g/mol. The van der Waals surface area contributed by atoms with Crippen molar-refractivity contribution in [3.05, 3.63) is 88.4 Å². The van der Waals surface area contributed by atoms with E-state index in [9.17, 15) is 4.79 Å². The summed E-state index contributed by atoms with van der Waals surface area (Å²) in [6, 6.07) is 22.4. The first-order valence-electron chi connectivity index (χ1n) is 9.11. The number of amides is 1. The van der Waals surface area contributed by atoms with Crippen molar-refractivity contribution in [1.29, 1.82) is 0 Å². The molecule has 4 aromatic rings. The van der Waals surface area contributed by atoms with E-state index < -0.39 is 0 Å². The van der Waals surface area contributed by atoms with E-state index >= 15 is 0 Å². The Bertz CT molecular complexity index is 1020. The maximum atomic E-state index is 12.3. The van der Waals surface area contributed by atoms with Crippen molar-refractivity contribution in [3.8, 4) is 0 Å². The van der Waals surface area contributed by atoms with Crippen LogP contribution in [-0.4, -0.2) is 15.5 Å². The van der Waals surface area contributed by atoms with Gasteiger partial charge in [0.05, 0.1) is 22.5 Å². The topological polar surface area (TPSA) is 46.9 Å². The Kier molecular flexibility index (Phi) is 5.30. The Hall–Kier alpha value is -2.92. The van der Waals surface area contributed by atoms with E-state index in [0.29, 0.717) is 6.54 Å². The second-order valence-corrected chi connectivity index (χ2v) is 7.37. The van der Waals surface area contributed by atoms with E-state index in [4.69, 9.17) is 4.98 Å². The fourth-order valence-corrected chi connectivity index (χ4v) is 3.89. The Labute approximate surface area is 162 Å². The Balaban J connectivity index is 1.49. The third-order valence-electron chi connectivity index (χ3n) is 4.58. The van der Waals surface area contributed by atoms with Gasteiger partial charge in [0.15, 0.2) is 0 Å². The lowest BCUT2D eigenvalue weighted by Gasteiger charge is -2.10. The highest BCUT2D eigenvalue weighted by Gasteiger charge is 2.12. The van der Waals surface area contributed by atoms with E-state index in [-0.39, 0.29) is 5.91 Å². The van der Waals surface area contributed by atoms with Gasteiger partial charge in [-0.2, -0.15) is 0 Å². The van der Waals surface area contributed by atoms with Crippen LogP contribution in [0.4, 0.5) is 0 Å². The summed E-state index contributed by atoms with van der Waals surface area (Å²) in [5, 5.41) is 4.91. The number of carbonyl (C=O) groups excluding carboxylic acids is 1. The molecule has 0 aliphatic heterocycles. The molecule has 0 fully saturated rings. The number of fused-ring (bicyclic) bond motifs is 1. The molecule has 0 atom stereocenters. The first-order chi connectivity index (χ1) is 13.3. The number of hydrogen-bond donors (Lipinski definition) is 1. The van der Waals surface area contributed by atoms with E-state index in [1.54, 1.807) is 0 Å². The molecular formula is C22H21N3OS. The summed E-state index contributed by atoms with van der Waals surface area (Å²) < 4.78 is 2.23. The monoisotopic (exact) mass is 375 g/mol. The van der Waals surface area contributed by atoms with Crippen LogP contribution in [0.3, 0.4) is 0 Å². The first-order valence-corrected chi connectivity index (χ1v) is 9.99. The Morgan fingerprint density at radius 3 is 2.63 bits per heavy atom. The fraction of sp³-hybridized carbons (Fsp3) is 0.182. The molecule has 1 amide bonds. The molecule has 0 unspecified atom stereocenters. The summed E-state index contributed by atoms with van der Waals surface area (Å²) in [6.07, 6.45) is 2.05. The minimum Gasteiger partial charge on any atom is -0.344 e. The number of para-hydroxylation sites is 2. The molecule has 0 radical (unpaired) electrons. The third kappa shape index (κ3) is 4.09. The predicted molar refractivity (Wildman–Crippen MR) is 110 cm³/mol. The van der Waals surface area contributed by atoms with Crippen LogP contribution >= 0.6 is 11.3 Å².